The minimum absolute atomic E-state index is 0.0925. The van der Waals surface area contributed by atoms with Gasteiger partial charge in [-0.15, -0.1) is 0 Å². The molecule has 1 N–H and O–H groups in total. The normalized spacial score (nSPS) is 16.3. The quantitative estimate of drug-likeness (QED) is 0.667. The number of rotatable bonds is 6. The monoisotopic (exact) mass is 371 g/mol. The first kappa shape index (κ1) is 16.9. The molecule has 1 atom stereocenters. The summed E-state index contributed by atoms with van der Waals surface area (Å²) in [6.45, 7) is 1.17. The van der Waals surface area contributed by atoms with Crippen LogP contribution in [0.25, 0.3) is 11.5 Å². The van der Waals surface area contributed by atoms with E-state index in [1.165, 1.54) is 0 Å². The molecule has 1 aliphatic rings. The number of nitrogens with one attached hydrogen (secondary N) is 1. The standard InChI is InChI=1S/C19H18ClN3O3/c1-25-10-3-9-23-18(12-5-7-13(20)8-6-12)15-16(14-4-2-11-26-14)21-22-17(15)19(23)24/h2,4-8,11,18H,3,9-10H2,1H3,(H,21,22)/t18-/m1/s1. The molecular formula is C19H18ClN3O3. The van der Waals surface area contributed by atoms with Gasteiger partial charge in [-0.1, -0.05) is 23.7 Å². The van der Waals surface area contributed by atoms with Gasteiger partial charge in [-0.2, -0.15) is 5.10 Å². The van der Waals surface area contributed by atoms with E-state index >= 15 is 0 Å². The molecule has 4 rings (SSSR count). The molecule has 0 fully saturated rings. The van der Waals surface area contributed by atoms with E-state index in [0.717, 1.165) is 23.2 Å². The molecule has 6 nitrogen and oxygen atoms in total. The van der Waals surface area contributed by atoms with Crippen LogP contribution in [0.15, 0.2) is 47.1 Å². The Bertz CT molecular complexity index is 903. The number of benzene rings is 1. The smallest absolute Gasteiger partial charge is 0.275 e. The Morgan fingerprint density at radius 3 is 2.81 bits per heavy atom. The average molecular weight is 372 g/mol. The van der Waals surface area contributed by atoms with Crippen LogP contribution in [0.4, 0.5) is 0 Å². The predicted molar refractivity (Wildman–Crippen MR) is 97.1 cm³/mol. The first-order chi connectivity index (χ1) is 12.7. The van der Waals surface area contributed by atoms with Crippen LogP contribution < -0.4 is 0 Å². The van der Waals surface area contributed by atoms with Crippen molar-refractivity contribution in [3.8, 4) is 11.5 Å². The number of nitrogens with zero attached hydrogens (tertiary/aromatic N) is 2. The van der Waals surface area contributed by atoms with Crippen LogP contribution in [-0.4, -0.2) is 41.3 Å². The number of carbonyl (C=O) groups is 1. The second kappa shape index (κ2) is 6.97. The van der Waals surface area contributed by atoms with Crippen molar-refractivity contribution in [2.45, 2.75) is 12.5 Å². The lowest BCUT2D eigenvalue weighted by Crippen LogP contribution is -2.31. The summed E-state index contributed by atoms with van der Waals surface area (Å²) in [6.07, 6.45) is 2.35. The number of halogens is 1. The fraction of sp³-hybridized carbons (Fsp3) is 0.263. The van der Waals surface area contributed by atoms with Crippen molar-refractivity contribution >= 4 is 17.5 Å². The fourth-order valence-corrected chi connectivity index (χ4v) is 3.53. The Hall–Kier alpha value is -2.57. The Balaban J connectivity index is 1.80. The molecule has 3 heterocycles. The van der Waals surface area contributed by atoms with Gasteiger partial charge in [0.25, 0.3) is 5.91 Å². The fourth-order valence-electron chi connectivity index (χ4n) is 3.40. The molecule has 26 heavy (non-hydrogen) atoms. The Labute approximate surface area is 155 Å². The molecule has 0 aliphatic carbocycles. The van der Waals surface area contributed by atoms with Gasteiger partial charge >= 0.3 is 0 Å². The average Bonchev–Trinajstić information content (AvgIpc) is 3.35. The lowest BCUT2D eigenvalue weighted by atomic mass is 9.98. The maximum atomic E-state index is 13.0. The predicted octanol–water partition coefficient (Wildman–Crippen LogP) is 3.90. The first-order valence-corrected chi connectivity index (χ1v) is 8.76. The molecule has 1 amide bonds. The molecule has 7 heteroatoms. The van der Waals surface area contributed by atoms with Crippen molar-refractivity contribution in [2.75, 3.05) is 20.3 Å². The number of hydrogen-bond donors (Lipinski definition) is 1. The third kappa shape index (κ3) is 2.81. The van der Waals surface area contributed by atoms with Crippen molar-refractivity contribution in [1.82, 2.24) is 15.1 Å². The van der Waals surface area contributed by atoms with E-state index in [4.69, 9.17) is 20.8 Å². The van der Waals surface area contributed by atoms with E-state index in [9.17, 15) is 4.79 Å². The highest BCUT2D eigenvalue weighted by Gasteiger charge is 2.42. The molecule has 0 bridgehead atoms. The number of methoxy groups -OCH3 is 1. The number of fused-ring (bicyclic) bond motifs is 1. The summed E-state index contributed by atoms with van der Waals surface area (Å²) in [4.78, 5) is 14.8. The third-order valence-corrected chi connectivity index (χ3v) is 4.81. The van der Waals surface area contributed by atoms with Gasteiger partial charge in [-0.25, -0.2) is 0 Å². The lowest BCUT2D eigenvalue weighted by molar-refractivity contribution is 0.0723. The summed E-state index contributed by atoms with van der Waals surface area (Å²) < 4.78 is 10.7. The summed E-state index contributed by atoms with van der Waals surface area (Å²) in [6, 6.07) is 11.0. The minimum atomic E-state index is -0.245. The second-order valence-electron chi connectivity index (χ2n) is 6.14. The van der Waals surface area contributed by atoms with Crippen LogP contribution in [0.3, 0.4) is 0 Å². The number of ether oxygens (including phenoxy) is 1. The van der Waals surface area contributed by atoms with Gasteiger partial charge in [0.05, 0.1) is 12.3 Å². The Morgan fingerprint density at radius 1 is 1.31 bits per heavy atom. The number of furan rings is 1. The van der Waals surface area contributed by atoms with Gasteiger partial charge in [-0.05, 0) is 36.2 Å². The van der Waals surface area contributed by atoms with Gasteiger partial charge < -0.3 is 14.1 Å². The summed E-state index contributed by atoms with van der Waals surface area (Å²) in [5.74, 6) is 0.564. The molecule has 134 valence electrons. The Kier molecular flexibility index (Phi) is 4.53. The van der Waals surface area contributed by atoms with Gasteiger partial charge in [-0.3, -0.25) is 9.89 Å². The number of aromatic amines is 1. The van der Waals surface area contributed by atoms with E-state index in [1.807, 2.05) is 41.3 Å². The van der Waals surface area contributed by atoms with E-state index in [2.05, 4.69) is 10.2 Å². The number of H-pyrrole nitrogens is 1. The van der Waals surface area contributed by atoms with Crippen molar-refractivity contribution in [3.63, 3.8) is 0 Å². The van der Waals surface area contributed by atoms with Gasteiger partial charge in [0, 0.05) is 30.8 Å². The minimum Gasteiger partial charge on any atom is -0.463 e. The van der Waals surface area contributed by atoms with Crippen LogP contribution >= 0.6 is 11.6 Å². The number of aromatic nitrogens is 2. The van der Waals surface area contributed by atoms with Crippen LogP contribution in [0, 0.1) is 0 Å². The highest BCUT2D eigenvalue weighted by Crippen LogP contribution is 2.42. The Morgan fingerprint density at radius 2 is 2.12 bits per heavy atom. The van der Waals surface area contributed by atoms with E-state index in [1.54, 1.807) is 13.4 Å². The molecule has 1 aliphatic heterocycles. The van der Waals surface area contributed by atoms with E-state index in [0.29, 0.717) is 29.6 Å². The second-order valence-corrected chi connectivity index (χ2v) is 6.57. The number of hydrogen-bond acceptors (Lipinski definition) is 4. The molecule has 0 spiro atoms. The molecule has 0 saturated heterocycles. The molecule has 0 saturated carbocycles. The van der Waals surface area contributed by atoms with Gasteiger partial charge in [0.1, 0.15) is 5.69 Å². The molecule has 3 aromatic rings. The summed E-state index contributed by atoms with van der Waals surface area (Å²) >= 11 is 6.05. The summed E-state index contributed by atoms with van der Waals surface area (Å²) in [5, 5.41) is 7.89. The molecular weight excluding hydrogens is 354 g/mol. The zero-order valence-electron chi connectivity index (χ0n) is 14.2. The van der Waals surface area contributed by atoms with Gasteiger partial charge in [0.15, 0.2) is 11.5 Å². The van der Waals surface area contributed by atoms with Crippen LogP contribution in [0.5, 0.6) is 0 Å². The maximum absolute atomic E-state index is 13.0. The zero-order chi connectivity index (χ0) is 18.1. The highest BCUT2D eigenvalue weighted by atomic mass is 35.5. The summed E-state index contributed by atoms with van der Waals surface area (Å²) in [5.41, 5.74) is 2.99. The zero-order valence-corrected chi connectivity index (χ0v) is 15.0. The van der Waals surface area contributed by atoms with E-state index in [-0.39, 0.29) is 11.9 Å². The van der Waals surface area contributed by atoms with Crippen LogP contribution in [0.2, 0.25) is 5.02 Å². The lowest BCUT2D eigenvalue weighted by Gasteiger charge is -2.26. The highest BCUT2D eigenvalue weighted by molar-refractivity contribution is 6.30. The largest absolute Gasteiger partial charge is 0.463 e. The van der Waals surface area contributed by atoms with Crippen LogP contribution in [0.1, 0.15) is 34.1 Å². The number of amides is 1. The SMILES string of the molecule is COCCCN1C(=O)c2n[nH]c(-c3ccco3)c2[C@H]1c1ccc(Cl)cc1. The topological polar surface area (TPSA) is 71.4 Å². The molecule has 0 radical (unpaired) electrons. The molecule has 1 aromatic carbocycles. The number of carbonyl (C=O) groups excluding carboxylic acids is 1. The van der Waals surface area contributed by atoms with Crippen molar-refractivity contribution in [3.05, 3.63) is 64.5 Å². The van der Waals surface area contributed by atoms with Crippen molar-refractivity contribution in [2.24, 2.45) is 0 Å². The maximum Gasteiger partial charge on any atom is 0.275 e. The van der Waals surface area contributed by atoms with Crippen molar-refractivity contribution < 1.29 is 13.9 Å². The van der Waals surface area contributed by atoms with Crippen LogP contribution in [-0.2, 0) is 4.74 Å². The van der Waals surface area contributed by atoms with E-state index < -0.39 is 0 Å². The molecule has 0 unspecified atom stereocenters. The third-order valence-electron chi connectivity index (χ3n) is 4.55. The summed E-state index contributed by atoms with van der Waals surface area (Å²) in [7, 11) is 1.66. The van der Waals surface area contributed by atoms with Crippen molar-refractivity contribution in [1.29, 1.82) is 0 Å². The first-order valence-electron chi connectivity index (χ1n) is 8.38. The molecule has 2 aromatic heterocycles. The van der Waals surface area contributed by atoms with Gasteiger partial charge in [0.2, 0.25) is 0 Å².